The highest BCUT2D eigenvalue weighted by Crippen LogP contribution is 2.43. The van der Waals surface area contributed by atoms with Crippen LogP contribution in [0.2, 0.25) is 0 Å². The number of rotatable bonds is 3. The lowest BCUT2D eigenvalue weighted by molar-refractivity contribution is -0.138. The summed E-state index contributed by atoms with van der Waals surface area (Å²) in [6.45, 7) is 5.73. The first-order valence-electron chi connectivity index (χ1n) is 7.55. The van der Waals surface area contributed by atoms with Crippen molar-refractivity contribution in [1.82, 2.24) is 10.3 Å². The predicted molar refractivity (Wildman–Crippen MR) is 79.8 cm³/mol. The van der Waals surface area contributed by atoms with Crippen molar-refractivity contribution in [3.05, 3.63) is 24.0 Å². The highest BCUT2D eigenvalue weighted by Gasteiger charge is 2.55. The number of aromatic nitrogens is 1. The zero-order valence-corrected chi connectivity index (χ0v) is 12.7. The number of nitrogens with zero attached hydrogens (tertiary/aromatic N) is 2. The molecule has 1 saturated heterocycles. The fourth-order valence-electron chi connectivity index (χ4n) is 3.19. The molecular weight excluding hydrogens is 266 g/mol. The molecule has 2 unspecified atom stereocenters. The van der Waals surface area contributed by atoms with E-state index in [4.69, 9.17) is 0 Å². The topological polar surface area (TPSA) is 62.3 Å². The highest BCUT2D eigenvalue weighted by molar-refractivity contribution is 6.11. The van der Waals surface area contributed by atoms with Crippen molar-refractivity contribution in [2.45, 2.75) is 51.6 Å². The molecule has 2 aliphatic rings. The zero-order valence-electron chi connectivity index (χ0n) is 12.7. The Morgan fingerprint density at radius 1 is 1.43 bits per heavy atom. The van der Waals surface area contributed by atoms with Gasteiger partial charge in [0.05, 0.1) is 11.9 Å². The molecule has 112 valence electrons. The summed E-state index contributed by atoms with van der Waals surface area (Å²) in [4.78, 5) is 31.4. The maximum absolute atomic E-state index is 13.1. The number of carbonyl (C=O) groups is 2. The van der Waals surface area contributed by atoms with Gasteiger partial charge in [0.1, 0.15) is 11.6 Å². The first-order chi connectivity index (χ1) is 9.99. The molecule has 0 aromatic carbocycles. The molecule has 1 N–H and O–H groups in total. The molecule has 0 spiro atoms. The van der Waals surface area contributed by atoms with Crippen molar-refractivity contribution in [1.29, 1.82) is 0 Å². The van der Waals surface area contributed by atoms with Gasteiger partial charge in [-0.15, -0.1) is 0 Å². The molecule has 1 aliphatic heterocycles. The molecule has 2 heterocycles. The average Bonchev–Trinajstić information content (AvgIpc) is 3.28. The second-order valence-electron chi connectivity index (χ2n) is 6.23. The number of amides is 2. The summed E-state index contributed by atoms with van der Waals surface area (Å²) in [5.41, 5.74) is 0.936. The lowest BCUT2D eigenvalue weighted by atomic mass is 9.88. The van der Waals surface area contributed by atoms with Gasteiger partial charge in [-0.3, -0.25) is 19.5 Å². The average molecular weight is 287 g/mol. The van der Waals surface area contributed by atoms with E-state index in [9.17, 15) is 9.59 Å². The lowest BCUT2D eigenvalue weighted by Gasteiger charge is -2.44. The van der Waals surface area contributed by atoms with Crippen LogP contribution in [0.4, 0.5) is 5.69 Å². The monoisotopic (exact) mass is 287 g/mol. The predicted octanol–water partition coefficient (Wildman–Crippen LogP) is 1.80. The fraction of sp³-hybridized carbons (Fsp3) is 0.562. The van der Waals surface area contributed by atoms with Crippen molar-refractivity contribution in [2.75, 3.05) is 4.90 Å². The molecule has 2 amide bonds. The molecule has 5 nitrogen and oxygen atoms in total. The minimum absolute atomic E-state index is 0.00690. The summed E-state index contributed by atoms with van der Waals surface area (Å²) in [6.07, 6.45) is 5.97. The van der Waals surface area contributed by atoms with Crippen LogP contribution >= 0.6 is 0 Å². The van der Waals surface area contributed by atoms with Crippen molar-refractivity contribution in [3.8, 4) is 0 Å². The van der Waals surface area contributed by atoms with Gasteiger partial charge in [0.25, 0.3) is 5.91 Å². The second-order valence-corrected chi connectivity index (χ2v) is 6.23. The number of pyridine rings is 1. The molecule has 1 saturated carbocycles. The third-order valence-electron chi connectivity index (χ3n) is 4.71. The minimum atomic E-state index is -0.773. The quantitative estimate of drug-likeness (QED) is 0.922. The van der Waals surface area contributed by atoms with Gasteiger partial charge in [0, 0.05) is 6.20 Å². The van der Waals surface area contributed by atoms with Crippen LogP contribution in [0.1, 0.15) is 38.7 Å². The van der Waals surface area contributed by atoms with Gasteiger partial charge in [0.15, 0.2) is 0 Å². The molecule has 3 rings (SSSR count). The smallest absolute Gasteiger partial charge is 0.253 e. The molecule has 1 aromatic rings. The Kier molecular flexibility index (Phi) is 3.23. The van der Waals surface area contributed by atoms with Crippen molar-refractivity contribution >= 4 is 17.5 Å². The number of nitrogens with one attached hydrogen (secondary N) is 1. The maximum atomic E-state index is 13.1. The van der Waals surface area contributed by atoms with Gasteiger partial charge >= 0.3 is 0 Å². The van der Waals surface area contributed by atoms with Gasteiger partial charge in [-0.1, -0.05) is 6.92 Å². The van der Waals surface area contributed by atoms with Gasteiger partial charge in [-0.05, 0) is 50.7 Å². The standard InChI is InChI=1S/C16H21N3O2/c1-4-12-14(20)18-16(3,11-5-6-11)15(21)19(12)13-9-17-8-7-10(13)2/h7-9,11-12H,4-6H2,1-3H3,(H,18,20). The number of aryl methyl sites for hydroxylation is 1. The summed E-state index contributed by atoms with van der Waals surface area (Å²) in [5.74, 6) is 0.188. The summed E-state index contributed by atoms with van der Waals surface area (Å²) in [6, 6.07) is 1.42. The van der Waals surface area contributed by atoms with Crippen LogP contribution in [-0.4, -0.2) is 28.4 Å². The van der Waals surface area contributed by atoms with Crippen LogP contribution in [0.5, 0.6) is 0 Å². The Balaban J connectivity index is 2.07. The fourth-order valence-corrected chi connectivity index (χ4v) is 3.19. The molecule has 0 bridgehead atoms. The minimum Gasteiger partial charge on any atom is -0.340 e. The van der Waals surface area contributed by atoms with E-state index in [0.29, 0.717) is 6.42 Å². The number of hydrogen-bond acceptors (Lipinski definition) is 3. The first-order valence-corrected chi connectivity index (χ1v) is 7.55. The summed E-state index contributed by atoms with van der Waals surface area (Å²) >= 11 is 0. The van der Waals surface area contributed by atoms with Crippen molar-refractivity contribution in [2.24, 2.45) is 5.92 Å². The van der Waals surface area contributed by atoms with E-state index >= 15 is 0 Å². The van der Waals surface area contributed by atoms with Crippen LogP contribution < -0.4 is 10.2 Å². The molecule has 1 aliphatic carbocycles. The molecular formula is C16H21N3O2. The molecule has 21 heavy (non-hydrogen) atoms. The van der Waals surface area contributed by atoms with E-state index in [2.05, 4.69) is 10.3 Å². The number of piperazine rings is 1. The molecule has 0 radical (unpaired) electrons. The summed E-state index contributed by atoms with van der Waals surface area (Å²) in [5, 5.41) is 2.97. The molecule has 5 heteroatoms. The largest absolute Gasteiger partial charge is 0.340 e. The number of carbonyl (C=O) groups excluding carboxylic acids is 2. The number of anilines is 1. The summed E-state index contributed by atoms with van der Waals surface area (Å²) in [7, 11) is 0. The zero-order chi connectivity index (χ0) is 15.2. The normalized spacial score (nSPS) is 29.5. The first kappa shape index (κ1) is 14.0. The Bertz CT molecular complexity index is 597. The van der Waals surface area contributed by atoms with Crippen LogP contribution in [0.3, 0.4) is 0 Å². The van der Waals surface area contributed by atoms with E-state index in [1.165, 1.54) is 0 Å². The van der Waals surface area contributed by atoms with E-state index < -0.39 is 11.6 Å². The van der Waals surface area contributed by atoms with Crippen LogP contribution in [0, 0.1) is 12.8 Å². The third-order valence-corrected chi connectivity index (χ3v) is 4.71. The Morgan fingerprint density at radius 3 is 2.71 bits per heavy atom. The molecule has 2 atom stereocenters. The number of hydrogen-bond donors (Lipinski definition) is 1. The van der Waals surface area contributed by atoms with E-state index in [0.717, 1.165) is 24.1 Å². The highest BCUT2D eigenvalue weighted by atomic mass is 16.2. The van der Waals surface area contributed by atoms with Crippen LogP contribution in [0.15, 0.2) is 18.5 Å². The third kappa shape index (κ3) is 2.11. The van der Waals surface area contributed by atoms with Crippen molar-refractivity contribution < 1.29 is 9.59 Å². The molecule has 2 fully saturated rings. The Morgan fingerprint density at radius 2 is 2.14 bits per heavy atom. The van der Waals surface area contributed by atoms with E-state index in [-0.39, 0.29) is 17.7 Å². The van der Waals surface area contributed by atoms with Crippen molar-refractivity contribution in [3.63, 3.8) is 0 Å². The molecule has 1 aromatic heterocycles. The summed E-state index contributed by atoms with van der Waals surface area (Å²) < 4.78 is 0. The van der Waals surface area contributed by atoms with Gasteiger partial charge in [-0.25, -0.2) is 0 Å². The van der Waals surface area contributed by atoms with Gasteiger partial charge < -0.3 is 5.32 Å². The van der Waals surface area contributed by atoms with Gasteiger partial charge in [-0.2, -0.15) is 0 Å². The van der Waals surface area contributed by atoms with E-state index in [1.807, 2.05) is 26.8 Å². The lowest BCUT2D eigenvalue weighted by Crippen LogP contribution is -2.70. The second kappa shape index (κ2) is 4.83. The van der Waals surface area contributed by atoms with Gasteiger partial charge in [0.2, 0.25) is 5.91 Å². The van der Waals surface area contributed by atoms with Crippen LogP contribution in [-0.2, 0) is 9.59 Å². The Hall–Kier alpha value is -1.91. The maximum Gasteiger partial charge on any atom is 0.253 e. The van der Waals surface area contributed by atoms with Crippen LogP contribution in [0.25, 0.3) is 0 Å². The SMILES string of the molecule is CCC1C(=O)NC(C)(C2CC2)C(=O)N1c1cnccc1C. The van der Waals surface area contributed by atoms with E-state index in [1.54, 1.807) is 17.3 Å². The Labute approximate surface area is 124 Å².